The number of hydrogen-bond acceptors (Lipinski definition) is 3. The summed E-state index contributed by atoms with van der Waals surface area (Å²) in [5.41, 5.74) is 0.428. The van der Waals surface area contributed by atoms with Crippen LogP contribution in [0.15, 0.2) is 18.5 Å². The lowest BCUT2D eigenvalue weighted by Crippen LogP contribution is -2.30. The molecule has 6 heteroatoms. The molecule has 0 atom stereocenters. The second-order valence-corrected chi connectivity index (χ2v) is 5.09. The van der Waals surface area contributed by atoms with E-state index in [0.29, 0.717) is 12.2 Å². The summed E-state index contributed by atoms with van der Waals surface area (Å²) in [6, 6.07) is 1.05. The third-order valence-electron chi connectivity index (χ3n) is 3.56. The molecule has 0 spiro atoms. The zero-order valence-corrected chi connectivity index (χ0v) is 11.3. The first-order valence-corrected chi connectivity index (χ1v) is 6.88. The lowest BCUT2D eigenvalue weighted by molar-refractivity contribution is 0.0696. The number of rotatable bonds is 5. The van der Waals surface area contributed by atoms with E-state index in [-0.39, 0.29) is 11.6 Å². The Labute approximate surface area is 117 Å². The van der Waals surface area contributed by atoms with Crippen LogP contribution in [0, 0.1) is 5.92 Å². The van der Waals surface area contributed by atoms with Crippen molar-refractivity contribution in [1.29, 1.82) is 0 Å². The van der Waals surface area contributed by atoms with Gasteiger partial charge < -0.3 is 15.7 Å². The summed E-state index contributed by atoms with van der Waals surface area (Å²) in [6.07, 6.45) is 8.77. The van der Waals surface area contributed by atoms with Crippen LogP contribution in [0.2, 0.25) is 0 Å². The minimum atomic E-state index is -1.07. The zero-order chi connectivity index (χ0) is 14.4. The van der Waals surface area contributed by atoms with Crippen LogP contribution in [0.4, 0.5) is 10.5 Å². The molecule has 108 valence electrons. The number of carbonyl (C=O) groups is 2. The molecule has 0 radical (unpaired) electrons. The van der Waals surface area contributed by atoms with E-state index in [2.05, 4.69) is 15.6 Å². The normalized spacial score (nSPS) is 15.0. The number of nitrogens with zero attached hydrogens (tertiary/aromatic N) is 1. The third kappa shape index (κ3) is 4.22. The van der Waals surface area contributed by atoms with Crippen LogP contribution in [0.5, 0.6) is 0 Å². The SMILES string of the molecule is O=C(NCCC1CCCC1)Nc1cncc(C(=O)O)c1. The van der Waals surface area contributed by atoms with Crippen molar-refractivity contribution in [2.75, 3.05) is 11.9 Å². The number of aromatic nitrogens is 1. The van der Waals surface area contributed by atoms with E-state index in [0.717, 1.165) is 12.3 Å². The Bertz CT molecular complexity index is 484. The number of anilines is 1. The average Bonchev–Trinajstić information content (AvgIpc) is 2.92. The van der Waals surface area contributed by atoms with E-state index in [1.165, 1.54) is 44.1 Å². The number of carboxylic acids is 1. The average molecular weight is 277 g/mol. The summed E-state index contributed by atoms with van der Waals surface area (Å²) in [5.74, 6) is -0.338. The Morgan fingerprint density at radius 2 is 2.05 bits per heavy atom. The van der Waals surface area contributed by atoms with Gasteiger partial charge in [-0.1, -0.05) is 25.7 Å². The Kier molecular flexibility index (Phi) is 4.92. The summed E-state index contributed by atoms with van der Waals surface area (Å²) < 4.78 is 0. The number of urea groups is 1. The minimum absolute atomic E-state index is 0.0498. The molecule has 2 amide bonds. The highest BCUT2D eigenvalue weighted by Gasteiger charge is 2.14. The number of nitrogens with one attached hydrogen (secondary N) is 2. The summed E-state index contributed by atoms with van der Waals surface area (Å²) in [6.45, 7) is 0.641. The van der Waals surface area contributed by atoms with Gasteiger partial charge in [-0.2, -0.15) is 0 Å². The molecule has 1 aliphatic carbocycles. The lowest BCUT2D eigenvalue weighted by Gasteiger charge is -2.10. The smallest absolute Gasteiger partial charge is 0.337 e. The molecule has 0 unspecified atom stereocenters. The first kappa shape index (κ1) is 14.3. The summed E-state index contributed by atoms with van der Waals surface area (Å²) in [4.78, 5) is 26.2. The second-order valence-electron chi connectivity index (χ2n) is 5.09. The largest absolute Gasteiger partial charge is 0.478 e. The summed E-state index contributed by atoms with van der Waals surface area (Å²) in [7, 11) is 0. The van der Waals surface area contributed by atoms with Crippen molar-refractivity contribution in [1.82, 2.24) is 10.3 Å². The maximum atomic E-state index is 11.7. The fourth-order valence-electron chi connectivity index (χ4n) is 2.49. The molecular weight excluding hydrogens is 258 g/mol. The minimum Gasteiger partial charge on any atom is -0.478 e. The van der Waals surface area contributed by atoms with Crippen LogP contribution in [0.25, 0.3) is 0 Å². The van der Waals surface area contributed by atoms with Crippen LogP contribution in [-0.4, -0.2) is 28.6 Å². The van der Waals surface area contributed by atoms with Crippen LogP contribution in [-0.2, 0) is 0 Å². The first-order chi connectivity index (χ1) is 9.65. The number of carbonyl (C=O) groups excluding carboxylic acids is 1. The molecule has 0 aliphatic heterocycles. The van der Waals surface area contributed by atoms with Crippen LogP contribution >= 0.6 is 0 Å². The predicted molar refractivity (Wildman–Crippen MR) is 74.8 cm³/mol. The molecule has 0 saturated heterocycles. The van der Waals surface area contributed by atoms with Crippen LogP contribution in [0.3, 0.4) is 0 Å². The fourth-order valence-corrected chi connectivity index (χ4v) is 2.49. The van der Waals surface area contributed by atoms with Gasteiger partial charge in [-0.05, 0) is 18.4 Å². The number of hydrogen-bond donors (Lipinski definition) is 3. The van der Waals surface area contributed by atoms with Crippen molar-refractivity contribution in [3.8, 4) is 0 Å². The first-order valence-electron chi connectivity index (χ1n) is 6.88. The molecule has 0 bridgehead atoms. The summed E-state index contributed by atoms with van der Waals surface area (Å²) >= 11 is 0. The van der Waals surface area contributed by atoms with E-state index >= 15 is 0 Å². The van der Waals surface area contributed by atoms with E-state index < -0.39 is 5.97 Å². The standard InChI is InChI=1S/C14H19N3O3/c18-13(19)11-7-12(9-15-8-11)17-14(20)16-6-5-10-3-1-2-4-10/h7-10H,1-6H2,(H,18,19)(H2,16,17,20). The van der Waals surface area contributed by atoms with Crippen molar-refractivity contribution in [3.63, 3.8) is 0 Å². The van der Waals surface area contributed by atoms with Gasteiger partial charge in [-0.3, -0.25) is 4.98 Å². The summed E-state index contributed by atoms with van der Waals surface area (Å²) in [5, 5.41) is 14.2. The molecule has 1 aromatic heterocycles. The lowest BCUT2D eigenvalue weighted by atomic mass is 10.0. The Balaban J connectivity index is 1.76. The quantitative estimate of drug-likeness (QED) is 0.771. The van der Waals surface area contributed by atoms with E-state index in [1.807, 2.05) is 0 Å². The monoisotopic (exact) mass is 277 g/mol. The van der Waals surface area contributed by atoms with Gasteiger partial charge in [0.1, 0.15) is 0 Å². The highest BCUT2D eigenvalue weighted by molar-refractivity contribution is 5.92. The molecule has 1 heterocycles. The molecule has 1 aliphatic rings. The van der Waals surface area contributed by atoms with Gasteiger partial charge in [0.15, 0.2) is 0 Å². The number of aromatic carboxylic acids is 1. The molecule has 2 rings (SSSR count). The fraction of sp³-hybridized carbons (Fsp3) is 0.500. The number of pyridine rings is 1. The Morgan fingerprint density at radius 1 is 1.30 bits per heavy atom. The van der Waals surface area contributed by atoms with Crippen molar-refractivity contribution in [2.45, 2.75) is 32.1 Å². The zero-order valence-electron chi connectivity index (χ0n) is 11.3. The van der Waals surface area contributed by atoms with Crippen molar-refractivity contribution >= 4 is 17.7 Å². The maximum Gasteiger partial charge on any atom is 0.337 e. The van der Waals surface area contributed by atoms with Gasteiger partial charge in [-0.15, -0.1) is 0 Å². The van der Waals surface area contributed by atoms with Gasteiger partial charge >= 0.3 is 12.0 Å². The van der Waals surface area contributed by atoms with E-state index in [1.54, 1.807) is 0 Å². The molecule has 0 aromatic carbocycles. The van der Waals surface area contributed by atoms with Gasteiger partial charge in [0.2, 0.25) is 0 Å². The second kappa shape index (κ2) is 6.88. The molecule has 3 N–H and O–H groups in total. The molecule has 1 saturated carbocycles. The van der Waals surface area contributed by atoms with Gasteiger partial charge in [0, 0.05) is 12.7 Å². The van der Waals surface area contributed by atoms with E-state index in [9.17, 15) is 9.59 Å². The molecule has 20 heavy (non-hydrogen) atoms. The maximum absolute atomic E-state index is 11.7. The Hall–Kier alpha value is -2.11. The number of amides is 2. The molecule has 1 aromatic rings. The molecular formula is C14H19N3O3. The highest BCUT2D eigenvalue weighted by Crippen LogP contribution is 2.26. The van der Waals surface area contributed by atoms with Crippen LogP contribution in [0.1, 0.15) is 42.5 Å². The van der Waals surface area contributed by atoms with Crippen molar-refractivity contribution < 1.29 is 14.7 Å². The van der Waals surface area contributed by atoms with Gasteiger partial charge in [0.25, 0.3) is 0 Å². The molecule has 1 fully saturated rings. The Morgan fingerprint density at radius 3 is 2.75 bits per heavy atom. The predicted octanol–water partition coefficient (Wildman–Crippen LogP) is 2.48. The highest BCUT2D eigenvalue weighted by atomic mass is 16.4. The van der Waals surface area contributed by atoms with E-state index in [4.69, 9.17) is 5.11 Å². The van der Waals surface area contributed by atoms with Crippen molar-refractivity contribution in [2.24, 2.45) is 5.92 Å². The van der Waals surface area contributed by atoms with Gasteiger partial charge in [0.05, 0.1) is 17.4 Å². The topological polar surface area (TPSA) is 91.3 Å². The molecule has 6 nitrogen and oxygen atoms in total. The van der Waals surface area contributed by atoms with Crippen molar-refractivity contribution in [3.05, 3.63) is 24.0 Å². The third-order valence-corrected chi connectivity index (χ3v) is 3.56. The van der Waals surface area contributed by atoms with Gasteiger partial charge in [-0.25, -0.2) is 9.59 Å². The van der Waals surface area contributed by atoms with Crippen LogP contribution < -0.4 is 10.6 Å². The number of carboxylic acid groups (broad SMARTS) is 1.